The lowest BCUT2D eigenvalue weighted by Crippen LogP contribution is -2.28. The zero-order valence-corrected chi connectivity index (χ0v) is 11.2. The molecule has 1 aromatic carbocycles. The normalized spacial score (nSPS) is 12.2. The lowest BCUT2D eigenvalue weighted by Gasteiger charge is -2.16. The van der Waals surface area contributed by atoms with E-state index in [9.17, 15) is 4.79 Å². The highest BCUT2D eigenvalue weighted by Gasteiger charge is 2.16. The van der Waals surface area contributed by atoms with Crippen molar-refractivity contribution < 1.29 is 4.79 Å². The number of nitrogen functional groups attached to an aromatic ring is 1. The Morgan fingerprint density at radius 2 is 2.16 bits per heavy atom. The van der Waals surface area contributed by atoms with E-state index in [1.54, 1.807) is 0 Å². The Hall–Kier alpha value is -2.37. The third-order valence-corrected chi connectivity index (χ3v) is 2.97. The number of aromatic amines is 1. The number of nitrogens with one attached hydrogen (secondary N) is 2. The molecule has 6 heteroatoms. The second-order valence-electron chi connectivity index (χ2n) is 4.60. The van der Waals surface area contributed by atoms with Crippen LogP contribution in [0.25, 0.3) is 0 Å². The molecule has 2 rings (SSSR count). The van der Waals surface area contributed by atoms with E-state index in [1.807, 2.05) is 32.9 Å². The number of aryl methyl sites for hydroxylation is 2. The van der Waals surface area contributed by atoms with Crippen LogP contribution in [-0.2, 0) is 0 Å². The minimum absolute atomic E-state index is 0.0598. The fourth-order valence-electron chi connectivity index (χ4n) is 1.95. The fourth-order valence-corrected chi connectivity index (χ4v) is 1.95. The van der Waals surface area contributed by atoms with E-state index in [0.717, 1.165) is 16.7 Å². The van der Waals surface area contributed by atoms with Crippen molar-refractivity contribution in [1.82, 2.24) is 20.5 Å². The van der Waals surface area contributed by atoms with Gasteiger partial charge in [-0.3, -0.25) is 9.89 Å². The molecular formula is C13H17N5O. The van der Waals surface area contributed by atoms with Crippen molar-refractivity contribution in [3.63, 3.8) is 0 Å². The third-order valence-electron chi connectivity index (χ3n) is 2.97. The summed E-state index contributed by atoms with van der Waals surface area (Å²) in [5, 5.41) is 8.99. The molecule has 100 valence electrons. The first-order valence-corrected chi connectivity index (χ1v) is 6.03. The minimum Gasteiger partial charge on any atom is -0.366 e. The number of hydrogen-bond donors (Lipinski definition) is 3. The van der Waals surface area contributed by atoms with Crippen molar-refractivity contribution in [1.29, 1.82) is 0 Å². The van der Waals surface area contributed by atoms with Crippen molar-refractivity contribution >= 4 is 11.9 Å². The number of anilines is 1. The molecule has 4 N–H and O–H groups in total. The van der Waals surface area contributed by atoms with Crippen LogP contribution in [0.1, 0.15) is 40.3 Å². The predicted octanol–water partition coefficient (Wildman–Crippen LogP) is 1.49. The van der Waals surface area contributed by atoms with E-state index in [2.05, 4.69) is 26.6 Å². The van der Waals surface area contributed by atoms with Gasteiger partial charge in [-0.05, 0) is 31.9 Å². The summed E-state index contributed by atoms with van der Waals surface area (Å²) in [4.78, 5) is 15.7. The summed E-state index contributed by atoms with van der Waals surface area (Å²) in [6, 6.07) is 6.04. The molecule has 0 aliphatic rings. The molecule has 0 fully saturated rings. The van der Waals surface area contributed by atoms with Crippen LogP contribution in [0.3, 0.4) is 0 Å². The molecule has 1 amide bonds. The lowest BCUT2D eigenvalue weighted by molar-refractivity contribution is 0.0929. The van der Waals surface area contributed by atoms with E-state index in [0.29, 0.717) is 0 Å². The molecule has 19 heavy (non-hydrogen) atoms. The van der Waals surface area contributed by atoms with Gasteiger partial charge in [0, 0.05) is 0 Å². The van der Waals surface area contributed by atoms with Crippen molar-refractivity contribution in [3.05, 3.63) is 40.7 Å². The number of hydrogen-bond acceptors (Lipinski definition) is 4. The predicted molar refractivity (Wildman–Crippen MR) is 72.6 cm³/mol. The molecule has 0 bridgehead atoms. The van der Waals surface area contributed by atoms with E-state index < -0.39 is 0 Å². The van der Waals surface area contributed by atoms with Crippen LogP contribution in [0, 0.1) is 13.8 Å². The molecule has 0 spiro atoms. The maximum absolute atomic E-state index is 11.9. The van der Waals surface area contributed by atoms with E-state index in [1.165, 1.54) is 0 Å². The van der Waals surface area contributed by atoms with E-state index in [4.69, 9.17) is 5.73 Å². The number of nitrogens with two attached hydrogens (primary N) is 1. The second-order valence-corrected chi connectivity index (χ2v) is 4.60. The number of amides is 1. The molecule has 0 aliphatic carbocycles. The molecule has 0 saturated heterocycles. The van der Waals surface area contributed by atoms with Crippen molar-refractivity contribution in [2.24, 2.45) is 0 Å². The molecule has 1 aromatic heterocycles. The van der Waals surface area contributed by atoms with Crippen LogP contribution in [0.2, 0.25) is 0 Å². The van der Waals surface area contributed by atoms with Crippen LogP contribution >= 0.6 is 0 Å². The van der Waals surface area contributed by atoms with Gasteiger partial charge in [-0.2, -0.15) is 4.98 Å². The maximum Gasteiger partial charge on any atom is 0.289 e. The van der Waals surface area contributed by atoms with E-state index in [-0.39, 0.29) is 23.7 Å². The number of carbonyl (C=O) groups excluding carboxylic acids is 1. The highest BCUT2D eigenvalue weighted by atomic mass is 16.2. The van der Waals surface area contributed by atoms with Crippen LogP contribution in [0.4, 0.5) is 5.95 Å². The molecule has 6 nitrogen and oxygen atoms in total. The largest absolute Gasteiger partial charge is 0.366 e. The van der Waals surface area contributed by atoms with Gasteiger partial charge >= 0.3 is 0 Å². The van der Waals surface area contributed by atoms with Gasteiger partial charge in [-0.1, -0.05) is 23.8 Å². The summed E-state index contributed by atoms with van der Waals surface area (Å²) in [5.41, 5.74) is 8.75. The Kier molecular flexibility index (Phi) is 3.50. The van der Waals surface area contributed by atoms with Gasteiger partial charge in [0.25, 0.3) is 5.91 Å². The number of nitrogens with zero attached hydrogens (tertiary/aromatic N) is 2. The molecule has 1 heterocycles. The standard InChI is InChI=1S/C13H17N5O/c1-7-4-5-8(2)10(6-7)9(3)15-12(19)11-16-13(14)18-17-11/h4-6,9H,1-3H3,(H,15,19)(H3,14,16,17,18). The highest BCUT2D eigenvalue weighted by molar-refractivity contribution is 5.90. The van der Waals surface area contributed by atoms with Crippen LogP contribution in [0.15, 0.2) is 18.2 Å². The number of aromatic nitrogens is 3. The lowest BCUT2D eigenvalue weighted by atomic mass is 10.00. The summed E-state index contributed by atoms with van der Waals surface area (Å²) in [5.74, 6) is -0.142. The Labute approximate surface area is 111 Å². The van der Waals surface area contributed by atoms with Gasteiger partial charge in [-0.15, -0.1) is 5.10 Å². The van der Waals surface area contributed by atoms with Gasteiger partial charge in [0.2, 0.25) is 11.8 Å². The molecule has 2 aromatic rings. The molecular weight excluding hydrogens is 242 g/mol. The summed E-state index contributed by atoms with van der Waals surface area (Å²) >= 11 is 0. The Balaban J connectivity index is 2.14. The molecule has 0 radical (unpaired) electrons. The Morgan fingerprint density at radius 1 is 1.42 bits per heavy atom. The highest BCUT2D eigenvalue weighted by Crippen LogP contribution is 2.19. The molecule has 1 atom stereocenters. The van der Waals surface area contributed by atoms with Crippen LogP contribution in [0.5, 0.6) is 0 Å². The van der Waals surface area contributed by atoms with Crippen molar-refractivity contribution in [2.75, 3.05) is 5.73 Å². The van der Waals surface area contributed by atoms with Crippen LogP contribution < -0.4 is 11.1 Å². The summed E-state index contributed by atoms with van der Waals surface area (Å²) in [6.45, 7) is 5.97. The minimum atomic E-state index is -0.322. The first-order valence-electron chi connectivity index (χ1n) is 6.03. The zero-order valence-electron chi connectivity index (χ0n) is 11.2. The summed E-state index contributed by atoms with van der Waals surface area (Å²) in [6.07, 6.45) is 0. The van der Waals surface area contributed by atoms with Gasteiger partial charge in [0.1, 0.15) is 0 Å². The monoisotopic (exact) mass is 259 g/mol. The number of H-pyrrole nitrogens is 1. The SMILES string of the molecule is Cc1ccc(C)c(C(C)NC(=O)c2nc(N)n[nH]2)c1. The first-order chi connectivity index (χ1) is 8.97. The molecule has 0 aliphatic heterocycles. The summed E-state index contributed by atoms with van der Waals surface area (Å²) < 4.78 is 0. The molecule has 0 saturated carbocycles. The van der Waals surface area contributed by atoms with Crippen molar-refractivity contribution in [3.8, 4) is 0 Å². The first kappa shape index (κ1) is 13.1. The number of benzene rings is 1. The maximum atomic E-state index is 11.9. The Morgan fingerprint density at radius 3 is 2.79 bits per heavy atom. The second kappa shape index (κ2) is 5.09. The van der Waals surface area contributed by atoms with Crippen molar-refractivity contribution in [2.45, 2.75) is 26.8 Å². The zero-order chi connectivity index (χ0) is 14.0. The summed E-state index contributed by atoms with van der Waals surface area (Å²) in [7, 11) is 0. The Bertz CT molecular complexity index is 605. The van der Waals surface area contributed by atoms with Crippen LogP contribution in [-0.4, -0.2) is 21.1 Å². The average molecular weight is 259 g/mol. The van der Waals surface area contributed by atoms with E-state index >= 15 is 0 Å². The number of rotatable bonds is 3. The smallest absolute Gasteiger partial charge is 0.289 e. The average Bonchev–Trinajstić information content (AvgIpc) is 2.79. The van der Waals surface area contributed by atoms with Gasteiger partial charge in [0.05, 0.1) is 6.04 Å². The topological polar surface area (TPSA) is 96.7 Å². The van der Waals surface area contributed by atoms with Gasteiger partial charge in [0.15, 0.2) is 0 Å². The van der Waals surface area contributed by atoms with Gasteiger partial charge < -0.3 is 11.1 Å². The van der Waals surface area contributed by atoms with Gasteiger partial charge in [-0.25, -0.2) is 0 Å². The third kappa shape index (κ3) is 2.90. The quantitative estimate of drug-likeness (QED) is 0.778. The molecule has 1 unspecified atom stereocenters. The fraction of sp³-hybridized carbons (Fsp3) is 0.308. The number of carbonyl (C=O) groups is 1.